The summed E-state index contributed by atoms with van der Waals surface area (Å²) in [6.45, 7) is 7.01. The van der Waals surface area contributed by atoms with Crippen molar-refractivity contribution in [2.75, 3.05) is 17.2 Å². The minimum absolute atomic E-state index is 0.0105. The fourth-order valence-electron chi connectivity index (χ4n) is 4.05. The minimum atomic E-state index is -1.47. The second-order valence-corrected chi connectivity index (χ2v) is 11.1. The first kappa shape index (κ1) is 23.2. The monoisotopic (exact) mass is 522 g/mol. The predicted octanol–water partition coefficient (Wildman–Crippen LogP) is 6.35. The number of rotatable bonds is 7. The normalized spacial score (nSPS) is 17.6. The molecular formula is C27H29Cl2N7. The van der Waals surface area contributed by atoms with Gasteiger partial charge in [0.15, 0.2) is 0 Å². The second-order valence-electron chi connectivity index (χ2n) is 10.3. The summed E-state index contributed by atoms with van der Waals surface area (Å²) in [5.74, 6) is 0. The van der Waals surface area contributed by atoms with E-state index in [1.807, 2.05) is 35.5 Å². The molecule has 1 fully saturated rings. The number of benzene rings is 2. The summed E-state index contributed by atoms with van der Waals surface area (Å²) >= 11 is 13.3. The maximum Gasteiger partial charge on any atom is 0.103 e. The number of hydrogen-bond donors (Lipinski definition) is 4. The Balaban J connectivity index is 1.61. The van der Waals surface area contributed by atoms with Gasteiger partial charge in [-0.25, -0.2) is 0 Å². The summed E-state index contributed by atoms with van der Waals surface area (Å²) in [6.07, 6.45) is 5.65. The number of aromatic nitrogens is 1. The summed E-state index contributed by atoms with van der Waals surface area (Å²) in [7, 11) is 0. The third-order valence-electron chi connectivity index (χ3n) is 6.05. The fourth-order valence-corrected chi connectivity index (χ4v) is 4.55. The van der Waals surface area contributed by atoms with Crippen LogP contribution in [0.25, 0.3) is 10.9 Å². The number of nitriles is 1. The molecule has 1 saturated carbocycles. The van der Waals surface area contributed by atoms with Crippen molar-refractivity contribution in [2.24, 2.45) is 5.41 Å². The third kappa shape index (κ3) is 5.17. The molecule has 5 rings (SSSR count). The molecule has 0 amide bonds. The van der Waals surface area contributed by atoms with Crippen LogP contribution in [0.1, 0.15) is 52.1 Å². The van der Waals surface area contributed by atoms with E-state index >= 15 is 0 Å². The number of pyridine rings is 1. The van der Waals surface area contributed by atoms with Gasteiger partial charge in [-0.2, -0.15) is 5.26 Å². The topological polar surface area (TPSA) is 88.0 Å². The van der Waals surface area contributed by atoms with Crippen molar-refractivity contribution in [2.45, 2.75) is 45.7 Å². The average Bonchev–Trinajstić information content (AvgIpc) is 3.57. The molecule has 0 spiro atoms. The van der Waals surface area contributed by atoms with Crippen LogP contribution in [0.15, 0.2) is 54.5 Å². The van der Waals surface area contributed by atoms with Crippen molar-refractivity contribution in [3.63, 3.8) is 0 Å². The molecule has 0 bridgehead atoms. The standard InChI is InChI=1S/C27H29Cl2N7/c1-27(2,3)15-32-24-16(12-30)13-31-25-20(24)10-17(11-22(25)29)33-26(19-6-4-5-7-21(19)28)23-14-36(35-34-23)18-8-9-18/h4-7,10-11,13-14,18,26,33-35H,8-9,15H2,1-3H3,(H,31,32)/t26-/m1/s1/i26D. The van der Waals surface area contributed by atoms with E-state index in [0.29, 0.717) is 61.7 Å². The molecule has 2 heterocycles. The van der Waals surface area contributed by atoms with E-state index < -0.39 is 6.02 Å². The molecule has 9 heteroatoms. The van der Waals surface area contributed by atoms with Gasteiger partial charge in [0, 0.05) is 41.1 Å². The first-order chi connectivity index (χ1) is 17.6. The largest absolute Gasteiger partial charge is 0.383 e. The van der Waals surface area contributed by atoms with Crippen LogP contribution in [0, 0.1) is 16.7 Å². The fraction of sp³-hybridized carbons (Fsp3) is 0.333. The molecular weight excluding hydrogens is 493 g/mol. The molecule has 1 aliphatic heterocycles. The van der Waals surface area contributed by atoms with Gasteiger partial charge in [0.2, 0.25) is 0 Å². The lowest BCUT2D eigenvalue weighted by Crippen LogP contribution is -2.38. The van der Waals surface area contributed by atoms with Crippen LogP contribution in [0.5, 0.6) is 0 Å². The number of hydrazine groups is 2. The maximum atomic E-state index is 9.78. The van der Waals surface area contributed by atoms with E-state index in [0.717, 1.165) is 12.8 Å². The van der Waals surface area contributed by atoms with Gasteiger partial charge in [-0.15, -0.1) is 5.53 Å². The van der Waals surface area contributed by atoms with Crippen LogP contribution in [-0.2, 0) is 0 Å². The lowest BCUT2D eigenvalue weighted by molar-refractivity contribution is 0.260. The predicted molar refractivity (Wildman–Crippen MR) is 146 cm³/mol. The van der Waals surface area contributed by atoms with Crippen LogP contribution >= 0.6 is 23.2 Å². The van der Waals surface area contributed by atoms with Crippen molar-refractivity contribution in [1.82, 2.24) is 21.0 Å². The Morgan fingerprint density at radius 1 is 1.25 bits per heavy atom. The molecule has 0 radical (unpaired) electrons. The number of halogens is 2. The lowest BCUT2D eigenvalue weighted by Gasteiger charge is -2.24. The zero-order chi connectivity index (χ0) is 26.4. The highest BCUT2D eigenvalue weighted by Crippen LogP contribution is 2.38. The zero-order valence-corrected chi connectivity index (χ0v) is 21.9. The van der Waals surface area contributed by atoms with Crippen molar-refractivity contribution in [1.29, 1.82) is 5.26 Å². The Morgan fingerprint density at radius 2 is 2.03 bits per heavy atom. The molecule has 7 nitrogen and oxygen atoms in total. The number of nitrogens with one attached hydrogen (secondary N) is 4. The van der Waals surface area contributed by atoms with Gasteiger partial charge < -0.3 is 16.1 Å². The number of fused-ring (bicyclic) bond motifs is 1. The number of anilines is 2. The molecule has 4 N–H and O–H groups in total. The molecule has 2 aromatic carbocycles. The highest BCUT2D eigenvalue weighted by atomic mass is 35.5. The smallest absolute Gasteiger partial charge is 0.103 e. The number of hydrogen-bond acceptors (Lipinski definition) is 7. The van der Waals surface area contributed by atoms with Crippen LogP contribution in [0.2, 0.25) is 10.0 Å². The summed E-state index contributed by atoms with van der Waals surface area (Å²) in [5.41, 5.74) is 9.75. The van der Waals surface area contributed by atoms with Crippen LogP contribution in [0.4, 0.5) is 11.4 Å². The Hall–Kier alpha value is -3.18. The van der Waals surface area contributed by atoms with Crippen LogP contribution in [0.3, 0.4) is 0 Å². The highest BCUT2D eigenvalue weighted by Gasteiger charge is 2.32. The van der Waals surface area contributed by atoms with Gasteiger partial charge in [-0.1, -0.05) is 62.2 Å². The molecule has 1 atom stereocenters. The highest BCUT2D eigenvalue weighted by molar-refractivity contribution is 6.36. The van der Waals surface area contributed by atoms with Crippen molar-refractivity contribution in [3.05, 3.63) is 75.7 Å². The van der Waals surface area contributed by atoms with Crippen molar-refractivity contribution >= 4 is 45.5 Å². The van der Waals surface area contributed by atoms with E-state index in [9.17, 15) is 6.63 Å². The second kappa shape index (κ2) is 9.70. The van der Waals surface area contributed by atoms with Crippen LogP contribution < -0.4 is 21.6 Å². The van der Waals surface area contributed by atoms with Gasteiger partial charge in [0.25, 0.3) is 0 Å². The van der Waals surface area contributed by atoms with E-state index in [-0.39, 0.29) is 5.41 Å². The Labute approximate surface area is 222 Å². The average molecular weight is 523 g/mol. The molecule has 0 unspecified atom stereocenters. The third-order valence-corrected chi connectivity index (χ3v) is 6.67. The number of nitrogens with zero attached hydrogens (tertiary/aromatic N) is 3. The van der Waals surface area contributed by atoms with Gasteiger partial charge >= 0.3 is 0 Å². The molecule has 3 aromatic rings. The summed E-state index contributed by atoms with van der Waals surface area (Å²) < 4.78 is 9.64. The van der Waals surface area contributed by atoms with Crippen LogP contribution in [-0.4, -0.2) is 22.6 Å². The van der Waals surface area contributed by atoms with Gasteiger partial charge in [-0.05, 0) is 42.0 Å². The molecule has 1 aliphatic carbocycles. The Morgan fingerprint density at radius 3 is 2.72 bits per heavy atom. The Bertz CT molecular complexity index is 1420. The van der Waals surface area contributed by atoms with Gasteiger partial charge in [0.1, 0.15) is 6.07 Å². The molecule has 186 valence electrons. The summed E-state index contributed by atoms with van der Waals surface area (Å²) in [4.78, 5) is 4.45. The maximum absolute atomic E-state index is 9.78. The van der Waals surface area contributed by atoms with Gasteiger partial charge in [0.05, 0.1) is 34.9 Å². The minimum Gasteiger partial charge on any atom is -0.383 e. The van der Waals surface area contributed by atoms with E-state index in [1.54, 1.807) is 12.1 Å². The first-order valence-corrected chi connectivity index (χ1v) is 12.7. The first-order valence-electron chi connectivity index (χ1n) is 12.4. The quantitative estimate of drug-likeness (QED) is 0.287. The molecule has 1 aromatic heterocycles. The van der Waals surface area contributed by atoms with Gasteiger partial charge in [-0.3, -0.25) is 9.99 Å². The summed E-state index contributed by atoms with van der Waals surface area (Å²) in [6, 6.07) is 12.1. The van der Waals surface area contributed by atoms with E-state index in [2.05, 4.69) is 53.4 Å². The Kier molecular flexibility index (Phi) is 6.26. The molecule has 0 saturated heterocycles. The molecule has 36 heavy (non-hydrogen) atoms. The summed E-state index contributed by atoms with van der Waals surface area (Å²) in [5, 5.41) is 20.1. The lowest BCUT2D eigenvalue weighted by atomic mass is 9.96. The SMILES string of the molecule is [2H][C@](Nc1cc(Cl)c2ncc(C#N)c(NCC(C)(C)C)c2c1)(C1=CN(C2CC2)NN1)c1ccccc1Cl. The molecule has 2 aliphatic rings. The van der Waals surface area contributed by atoms with E-state index in [4.69, 9.17) is 23.2 Å². The zero-order valence-electron chi connectivity index (χ0n) is 21.4. The van der Waals surface area contributed by atoms with Crippen molar-refractivity contribution in [3.8, 4) is 6.07 Å². The van der Waals surface area contributed by atoms with Crippen molar-refractivity contribution < 1.29 is 1.37 Å². The van der Waals surface area contributed by atoms with E-state index in [1.165, 1.54) is 6.20 Å².